The molecule has 0 saturated carbocycles. The highest BCUT2D eigenvalue weighted by molar-refractivity contribution is 9.10. The van der Waals surface area contributed by atoms with Crippen molar-refractivity contribution in [3.63, 3.8) is 0 Å². The number of unbranched alkanes of at least 4 members (excludes halogenated alkanes) is 2. The molecule has 3 N–H and O–H groups in total. The first-order valence-electron chi connectivity index (χ1n) is 34.4. The van der Waals surface area contributed by atoms with E-state index in [1.165, 1.54) is 69.4 Å². The molecule has 0 aliphatic heterocycles. The third-order valence-corrected chi connectivity index (χ3v) is 12.8. The Morgan fingerprint density at radius 3 is 1.12 bits per heavy atom. The molecule has 4 rings (SSSR count). The summed E-state index contributed by atoms with van der Waals surface area (Å²) in [6.07, 6.45) is 14.1. The van der Waals surface area contributed by atoms with Crippen LogP contribution < -0.4 is 14.2 Å². The summed E-state index contributed by atoms with van der Waals surface area (Å²) in [5.74, 6) is 7.49. The number of hydrogen-bond donors (Lipinski definition) is 4. The van der Waals surface area contributed by atoms with E-state index in [9.17, 15) is 5.11 Å². The van der Waals surface area contributed by atoms with Gasteiger partial charge in [-0.2, -0.15) is 12.6 Å². The molecule has 0 bridgehead atoms. The van der Waals surface area contributed by atoms with Gasteiger partial charge in [0.1, 0.15) is 5.75 Å². The molecule has 0 radical (unpaired) electrons. The number of benzene rings is 4. The average molecular weight is 1380 g/mol. The van der Waals surface area contributed by atoms with Gasteiger partial charge < -0.3 is 29.5 Å². The number of rotatable bonds is 17. The summed E-state index contributed by atoms with van der Waals surface area (Å²) in [7, 11) is 4.74. The molecule has 4 aromatic rings. The van der Waals surface area contributed by atoms with Crippen LogP contribution in [0.5, 0.6) is 23.0 Å². The van der Waals surface area contributed by atoms with Gasteiger partial charge in [-0.15, -0.1) is 6.58 Å². The number of ether oxygens (including phenoxy) is 3. The zero-order chi connectivity index (χ0) is 72.8. The molecule has 4 aromatic carbocycles. The molecule has 0 saturated heterocycles. The van der Waals surface area contributed by atoms with Gasteiger partial charge in [0.25, 0.3) is 0 Å². The molecule has 0 fully saturated rings. The van der Waals surface area contributed by atoms with E-state index in [-0.39, 0.29) is 24.0 Å². The predicted octanol–water partition coefficient (Wildman–Crippen LogP) is 27.1. The van der Waals surface area contributed by atoms with Crippen molar-refractivity contribution in [1.82, 2.24) is 0 Å². The highest BCUT2D eigenvalue weighted by atomic mass is 79.9. The Balaban J connectivity index is -0.000000143. The monoisotopic (exact) mass is 1370 g/mol. The highest BCUT2D eigenvalue weighted by Gasteiger charge is 2.20. The highest BCUT2D eigenvalue weighted by Crippen LogP contribution is 2.40. The molecule has 0 aromatic heterocycles. The number of methoxy groups -OCH3 is 3. The van der Waals surface area contributed by atoms with Crippen LogP contribution in [0.4, 0.5) is 0 Å². The quantitative estimate of drug-likeness (QED) is 0.0479. The van der Waals surface area contributed by atoms with Crippen LogP contribution in [-0.2, 0) is 17.3 Å². The fourth-order valence-corrected chi connectivity index (χ4v) is 7.41. The van der Waals surface area contributed by atoms with Gasteiger partial charge in [-0.05, 0) is 166 Å². The maximum atomic E-state index is 9.73. The minimum absolute atomic E-state index is 0. The van der Waals surface area contributed by atoms with Gasteiger partial charge in [0.15, 0.2) is 11.5 Å². The van der Waals surface area contributed by atoms with Crippen LogP contribution in [0.2, 0.25) is 0 Å². The van der Waals surface area contributed by atoms with Crippen LogP contribution in [-0.4, -0.2) is 55.6 Å². The summed E-state index contributed by atoms with van der Waals surface area (Å²) in [6, 6.07) is 30.9. The molecule has 0 aliphatic carbocycles. The van der Waals surface area contributed by atoms with Crippen LogP contribution in [0.25, 0.3) is 0 Å². The summed E-state index contributed by atoms with van der Waals surface area (Å²) < 4.78 is 16.4. The van der Waals surface area contributed by atoms with Crippen LogP contribution in [0.1, 0.15) is 301 Å². The molecular weight excluding hydrogens is 1220 g/mol. The predicted molar refractivity (Wildman–Crippen MR) is 426 cm³/mol. The Labute approximate surface area is 590 Å². The molecule has 0 heterocycles. The van der Waals surface area contributed by atoms with Crippen LogP contribution in [0.3, 0.4) is 0 Å². The van der Waals surface area contributed by atoms with E-state index in [1.807, 2.05) is 30.3 Å². The van der Waals surface area contributed by atoms with Gasteiger partial charge in [-0.1, -0.05) is 317 Å². The van der Waals surface area contributed by atoms with Crippen molar-refractivity contribution < 1.29 is 29.5 Å². The van der Waals surface area contributed by atoms with Gasteiger partial charge >= 0.3 is 0 Å². The molecule has 0 unspecified atom stereocenters. The number of aromatic hydroxyl groups is 1. The van der Waals surface area contributed by atoms with E-state index < -0.39 is 0 Å². The SMILES string of the molecule is C.C=CC(C)C.CC(C)(C)C.CC(C)(C)CCCO.CC(C)(C)CCCO.CC(C)C.CC(C)CCS.CC(C)Cc1ccccc1.CC(C)c1ccc(Br)cc1.CCCCCC(C)C.COc1cc(C(C)(C)C)cc(OC)c1O.COc1ccc(C(C)(C)C)cc1. The standard InChI is InChI=1S/C12H18O3.C11H16O.C10H14.C9H11Br.C8H18.2C7H16O.C5H12S.C5H12.C5H10.C4H10.CH4/c1-12(2,3)8-6-9(14-4)11(13)10(7-8)15-5;1-11(2,3)9-5-7-10(12-4)8-6-9;1-9(2)8-10-6-4-3-5-7-10;1-7(2)8-3-5-9(10)6-4-8;1-4-5-6-7-8(2)3;2*1-7(2,3)5-4-6-8;1-5(2)3-4-6;1-5(2,3)4;1-4-5(2)3;1-4(2)3;/h6-7,13H,1-5H3;5-8H,1-4H3;3-7,9H,8H2,1-2H3;3-7H,1-2H3;8H,4-7H2,1-3H3;2*8H,4-6H2,1-3H3;5-6H,3-4H2,1-2H3;1-4H3;4-5H,1H2,2-3H3;4H,1-3H3;1H4. The summed E-state index contributed by atoms with van der Waals surface area (Å²) in [4.78, 5) is 0. The lowest BCUT2D eigenvalue weighted by atomic mass is 9.86. The van der Waals surface area contributed by atoms with Crippen LogP contribution in [0, 0.1) is 45.8 Å². The normalized spacial score (nSPS) is 10.7. The number of hydrogen-bond acceptors (Lipinski definition) is 7. The minimum atomic E-state index is -0.00569. The van der Waals surface area contributed by atoms with Crippen molar-refractivity contribution in [2.45, 2.75) is 296 Å². The van der Waals surface area contributed by atoms with E-state index in [0.717, 1.165) is 70.9 Å². The van der Waals surface area contributed by atoms with Gasteiger partial charge in [-0.3, -0.25) is 0 Å². The van der Waals surface area contributed by atoms with Gasteiger partial charge in [0.2, 0.25) is 5.75 Å². The second kappa shape index (κ2) is 61.2. The number of allylic oxidation sites excluding steroid dienone is 1. The smallest absolute Gasteiger partial charge is 0.200 e. The Kier molecular flexibility index (Phi) is 69.6. The molecule has 0 amide bonds. The van der Waals surface area contributed by atoms with Crippen molar-refractivity contribution >= 4 is 28.6 Å². The average Bonchev–Trinajstić information content (AvgIpc) is 0.875. The Morgan fingerprint density at radius 1 is 0.522 bits per heavy atom. The molecule has 0 spiro atoms. The molecule has 0 aliphatic rings. The van der Waals surface area contributed by atoms with E-state index >= 15 is 0 Å². The number of halogens is 1. The Bertz CT molecular complexity index is 2110. The molecule has 0 atom stereocenters. The zero-order valence-corrected chi connectivity index (χ0v) is 68.5. The largest absolute Gasteiger partial charge is 0.502 e. The van der Waals surface area contributed by atoms with Gasteiger partial charge in [0, 0.05) is 17.7 Å². The van der Waals surface area contributed by atoms with Crippen LogP contribution in [0.15, 0.2) is 108 Å². The lowest BCUT2D eigenvalue weighted by Gasteiger charge is -2.21. The second-order valence-electron chi connectivity index (χ2n) is 32.0. The van der Waals surface area contributed by atoms with Crippen molar-refractivity contribution in [3.05, 3.63) is 130 Å². The lowest BCUT2D eigenvalue weighted by molar-refractivity contribution is 0.251. The number of phenols is 1. The summed E-state index contributed by atoms with van der Waals surface area (Å²) in [5, 5.41) is 26.6. The maximum absolute atomic E-state index is 9.73. The second-order valence-corrected chi connectivity index (χ2v) is 33.4. The number of aliphatic hydroxyl groups excluding tert-OH is 2. The summed E-state index contributed by atoms with van der Waals surface area (Å²) >= 11 is 7.45. The lowest BCUT2D eigenvalue weighted by Crippen LogP contribution is -2.11. The topological polar surface area (TPSA) is 88.4 Å². The van der Waals surface area contributed by atoms with Crippen molar-refractivity contribution in [2.24, 2.45) is 45.8 Å². The molecule has 92 heavy (non-hydrogen) atoms. The molecule has 8 heteroatoms. The fourth-order valence-electron chi connectivity index (χ4n) is 6.63. The van der Waals surface area contributed by atoms with E-state index in [2.05, 4.69) is 310 Å². The number of aliphatic hydroxyl groups is 2. The third kappa shape index (κ3) is 84.6. The van der Waals surface area contributed by atoms with Gasteiger partial charge in [-0.25, -0.2) is 0 Å². The van der Waals surface area contributed by atoms with E-state index in [0.29, 0.717) is 52.8 Å². The minimum Gasteiger partial charge on any atom is -0.502 e. The number of phenolic OH excluding ortho intramolecular Hbond substituents is 1. The fraction of sp³-hybridized carbons (Fsp3) is 0.690. The van der Waals surface area contributed by atoms with Gasteiger partial charge in [0.05, 0.1) is 21.3 Å². The first-order chi connectivity index (χ1) is 41.6. The van der Waals surface area contributed by atoms with Crippen molar-refractivity contribution in [2.75, 3.05) is 40.3 Å². The number of thiol groups is 1. The van der Waals surface area contributed by atoms with Crippen molar-refractivity contribution in [3.8, 4) is 23.0 Å². The Hall–Kier alpha value is -3.43. The van der Waals surface area contributed by atoms with Crippen LogP contribution >= 0.6 is 28.6 Å². The zero-order valence-electron chi connectivity index (χ0n) is 66.0. The molecule has 6 nitrogen and oxygen atoms in total. The third-order valence-electron chi connectivity index (χ3n) is 12.1. The van der Waals surface area contributed by atoms with E-state index in [4.69, 9.17) is 24.4 Å². The first kappa shape index (κ1) is 105. The maximum Gasteiger partial charge on any atom is 0.200 e. The summed E-state index contributed by atoms with van der Waals surface area (Å²) in [5.41, 5.74) is 6.74. The first-order valence-corrected chi connectivity index (χ1v) is 35.9. The van der Waals surface area contributed by atoms with E-state index in [1.54, 1.807) is 7.11 Å². The van der Waals surface area contributed by atoms with Crippen molar-refractivity contribution in [1.29, 1.82) is 0 Å². The molecule has 542 valence electrons. The Morgan fingerprint density at radius 2 is 0.891 bits per heavy atom. The summed E-state index contributed by atoms with van der Waals surface area (Å²) in [6.45, 7) is 69.8. The molecular formula is C84H157BrO6S.